The molecule has 1 aromatic heterocycles. The molecule has 2 aromatic rings. The van der Waals surface area contributed by atoms with E-state index < -0.39 is 0 Å². The van der Waals surface area contributed by atoms with Gasteiger partial charge in [0.15, 0.2) is 0 Å². The SMILES string of the molecule is CC.Cc1ccccc1-n1cncn1. The molecule has 14 heavy (non-hydrogen) atoms. The molecule has 0 saturated carbocycles. The molecule has 0 N–H and O–H groups in total. The fourth-order valence-corrected chi connectivity index (χ4v) is 1.15. The molecule has 2 rings (SSSR count). The molecule has 0 aliphatic rings. The number of hydrogen-bond acceptors (Lipinski definition) is 2. The molecule has 0 spiro atoms. The van der Waals surface area contributed by atoms with E-state index >= 15 is 0 Å². The maximum absolute atomic E-state index is 4.05. The van der Waals surface area contributed by atoms with E-state index in [2.05, 4.69) is 23.1 Å². The van der Waals surface area contributed by atoms with Gasteiger partial charge in [0.05, 0.1) is 5.69 Å². The third-order valence-electron chi connectivity index (χ3n) is 1.78. The predicted octanol–water partition coefficient (Wildman–Crippen LogP) is 2.60. The fraction of sp³-hybridized carbons (Fsp3) is 0.273. The third-order valence-corrected chi connectivity index (χ3v) is 1.78. The lowest BCUT2D eigenvalue weighted by Crippen LogP contribution is -1.96. The predicted molar refractivity (Wildman–Crippen MR) is 57.4 cm³/mol. The minimum atomic E-state index is 1.08. The zero-order valence-electron chi connectivity index (χ0n) is 8.81. The average Bonchev–Trinajstić information content (AvgIpc) is 2.75. The van der Waals surface area contributed by atoms with Gasteiger partial charge in [-0.25, -0.2) is 9.67 Å². The van der Waals surface area contributed by atoms with Crippen molar-refractivity contribution < 1.29 is 0 Å². The molecule has 1 aromatic carbocycles. The molecule has 0 unspecified atom stereocenters. The van der Waals surface area contributed by atoms with Crippen LogP contribution in [-0.2, 0) is 0 Å². The van der Waals surface area contributed by atoms with Crippen LogP contribution >= 0.6 is 0 Å². The van der Waals surface area contributed by atoms with Crippen LogP contribution in [0, 0.1) is 6.92 Å². The van der Waals surface area contributed by atoms with Gasteiger partial charge < -0.3 is 0 Å². The second-order valence-corrected chi connectivity index (χ2v) is 2.63. The summed E-state index contributed by atoms with van der Waals surface area (Å²) in [6.07, 6.45) is 3.23. The van der Waals surface area contributed by atoms with Crippen molar-refractivity contribution in [1.29, 1.82) is 0 Å². The van der Waals surface area contributed by atoms with Crippen LogP contribution in [-0.4, -0.2) is 14.8 Å². The third kappa shape index (κ3) is 2.19. The normalized spacial score (nSPS) is 9.07. The first-order valence-electron chi connectivity index (χ1n) is 4.78. The highest BCUT2D eigenvalue weighted by Gasteiger charge is 1.97. The Morgan fingerprint density at radius 3 is 2.43 bits per heavy atom. The van der Waals surface area contributed by atoms with Crippen molar-refractivity contribution in [3.8, 4) is 5.69 Å². The molecule has 0 atom stereocenters. The first-order valence-corrected chi connectivity index (χ1v) is 4.78. The van der Waals surface area contributed by atoms with Crippen molar-refractivity contribution in [3.63, 3.8) is 0 Å². The molecule has 74 valence electrons. The van der Waals surface area contributed by atoms with Crippen molar-refractivity contribution in [2.75, 3.05) is 0 Å². The van der Waals surface area contributed by atoms with Gasteiger partial charge in [-0.15, -0.1) is 0 Å². The number of para-hydroxylation sites is 1. The second kappa shape index (κ2) is 5.17. The first-order chi connectivity index (χ1) is 6.88. The van der Waals surface area contributed by atoms with E-state index in [1.54, 1.807) is 11.0 Å². The highest BCUT2D eigenvalue weighted by molar-refractivity contribution is 5.38. The molecular weight excluding hydrogens is 174 g/mol. The van der Waals surface area contributed by atoms with Gasteiger partial charge in [0.25, 0.3) is 0 Å². The fourth-order valence-electron chi connectivity index (χ4n) is 1.15. The molecule has 3 heteroatoms. The van der Waals surface area contributed by atoms with Gasteiger partial charge in [0.2, 0.25) is 0 Å². The number of hydrogen-bond donors (Lipinski definition) is 0. The summed E-state index contributed by atoms with van der Waals surface area (Å²) >= 11 is 0. The Hall–Kier alpha value is -1.64. The molecule has 0 amide bonds. The quantitative estimate of drug-likeness (QED) is 0.690. The summed E-state index contributed by atoms with van der Waals surface area (Å²) in [7, 11) is 0. The van der Waals surface area contributed by atoms with Crippen molar-refractivity contribution in [2.45, 2.75) is 20.8 Å². The highest BCUT2D eigenvalue weighted by atomic mass is 15.3. The number of rotatable bonds is 1. The lowest BCUT2D eigenvalue weighted by molar-refractivity contribution is 0.871. The van der Waals surface area contributed by atoms with E-state index in [-0.39, 0.29) is 0 Å². The molecule has 0 aliphatic heterocycles. The summed E-state index contributed by atoms with van der Waals surface area (Å²) in [5.74, 6) is 0. The van der Waals surface area contributed by atoms with Crippen LogP contribution in [0.25, 0.3) is 5.69 Å². The van der Waals surface area contributed by atoms with Crippen LogP contribution in [0.1, 0.15) is 19.4 Å². The number of benzene rings is 1. The lowest BCUT2D eigenvalue weighted by atomic mass is 10.2. The molecule has 0 bridgehead atoms. The van der Waals surface area contributed by atoms with Crippen LogP contribution < -0.4 is 0 Å². The minimum Gasteiger partial charge on any atom is -0.223 e. The zero-order chi connectivity index (χ0) is 10.4. The van der Waals surface area contributed by atoms with Gasteiger partial charge >= 0.3 is 0 Å². The molecule has 0 radical (unpaired) electrons. The standard InChI is InChI=1S/C9H9N3.C2H6/c1-8-4-2-3-5-9(8)12-7-10-6-11-12;1-2/h2-7H,1H3;1-2H3. The van der Waals surface area contributed by atoms with E-state index in [0.717, 1.165) is 5.69 Å². The summed E-state index contributed by atoms with van der Waals surface area (Å²) < 4.78 is 1.76. The Balaban J connectivity index is 0.000000461. The molecule has 0 saturated heterocycles. The summed E-state index contributed by atoms with van der Waals surface area (Å²) in [6.45, 7) is 6.05. The van der Waals surface area contributed by atoms with Gasteiger partial charge in [-0.2, -0.15) is 5.10 Å². The molecular formula is C11H15N3. The smallest absolute Gasteiger partial charge is 0.138 e. The largest absolute Gasteiger partial charge is 0.223 e. The maximum atomic E-state index is 4.05. The summed E-state index contributed by atoms with van der Waals surface area (Å²) in [4.78, 5) is 3.89. The number of aryl methyl sites for hydroxylation is 1. The zero-order valence-corrected chi connectivity index (χ0v) is 8.81. The van der Waals surface area contributed by atoms with Crippen LogP contribution in [0.5, 0.6) is 0 Å². The maximum Gasteiger partial charge on any atom is 0.138 e. The van der Waals surface area contributed by atoms with Crippen LogP contribution in [0.4, 0.5) is 0 Å². The van der Waals surface area contributed by atoms with Crippen LogP contribution in [0.3, 0.4) is 0 Å². The van der Waals surface area contributed by atoms with Gasteiger partial charge in [-0.1, -0.05) is 32.0 Å². The number of nitrogens with zero attached hydrogens (tertiary/aromatic N) is 3. The Morgan fingerprint density at radius 2 is 1.86 bits per heavy atom. The first kappa shape index (κ1) is 10.4. The average molecular weight is 189 g/mol. The Kier molecular flexibility index (Phi) is 3.85. The van der Waals surface area contributed by atoms with Crippen LogP contribution in [0.2, 0.25) is 0 Å². The van der Waals surface area contributed by atoms with Crippen LogP contribution in [0.15, 0.2) is 36.9 Å². The van der Waals surface area contributed by atoms with E-state index in [1.165, 1.54) is 11.9 Å². The van der Waals surface area contributed by atoms with Crippen molar-refractivity contribution in [3.05, 3.63) is 42.5 Å². The molecule has 1 heterocycles. The van der Waals surface area contributed by atoms with Gasteiger partial charge in [-0.3, -0.25) is 0 Å². The van der Waals surface area contributed by atoms with Gasteiger partial charge in [-0.05, 0) is 18.6 Å². The Labute approximate surface area is 84.4 Å². The van der Waals surface area contributed by atoms with Gasteiger partial charge in [0.1, 0.15) is 12.7 Å². The van der Waals surface area contributed by atoms with E-state index in [1.807, 2.05) is 32.0 Å². The van der Waals surface area contributed by atoms with Gasteiger partial charge in [0, 0.05) is 0 Å². The second-order valence-electron chi connectivity index (χ2n) is 2.63. The monoisotopic (exact) mass is 189 g/mol. The summed E-state index contributed by atoms with van der Waals surface area (Å²) in [5, 5.41) is 4.05. The van der Waals surface area contributed by atoms with E-state index in [0.29, 0.717) is 0 Å². The Bertz CT molecular complexity index is 366. The summed E-state index contributed by atoms with van der Waals surface area (Å²) in [6, 6.07) is 8.07. The number of aromatic nitrogens is 3. The van der Waals surface area contributed by atoms with Crippen molar-refractivity contribution >= 4 is 0 Å². The molecule has 0 fully saturated rings. The minimum absolute atomic E-state index is 1.08. The molecule has 3 nitrogen and oxygen atoms in total. The van der Waals surface area contributed by atoms with Crippen molar-refractivity contribution in [2.24, 2.45) is 0 Å². The highest BCUT2D eigenvalue weighted by Crippen LogP contribution is 2.10. The van der Waals surface area contributed by atoms with E-state index in [4.69, 9.17) is 0 Å². The summed E-state index contributed by atoms with van der Waals surface area (Å²) in [5.41, 5.74) is 2.28. The lowest BCUT2D eigenvalue weighted by Gasteiger charge is -2.02. The van der Waals surface area contributed by atoms with Crippen molar-refractivity contribution in [1.82, 2.24) is 14.8 Å². The topological polar surface area (TPSA) is 30.7 Å². The Morgan fingerprint density at radius 1 is 1.14 bits per heavy atom. The molecule has 0 aliphatic carbocycles. The van der Waals surface area contributed by atoms with E-state index in [9.17, 15) is 0 Å².